The van der Waals surface area contributed by atoms with E-state index in [9.17, 15) is 4.79 Å². The molecule has 0 bridgehead atoms. The van der Waals surface area contributed by atoms with E-state index in [1.54, 1.807) is 4.68 Å². The summed E-state index contributed by atoms with van der Waals surface area (Å²) in [6.45, 7) is 2.03. The minimum atomic E-state index is -0.308. The molecule has 0 spiro atoms. The molecule has 8 heteroatoms. The average Bonchev–Trinajstić information content (AvgIpc) is 3.36. The van der Waals surface area contributed by atoms with Gasteiger partial charge in [0.2, 0.25) is 11.0 Å². The van der Waals surface area contributed by atoms with Gasteiger partial charge in [-0.25, -0.2) is 4.98 Å². The third-order valence-corrected chi connectivity index (χ3v) is 5.57. The molecule has 0 aliphatic heterocycles. The highest BCUT2D eigenvalue weighted by Crippen LogP contribution is 2.29. The van der Waals surface area contributed by atoms with Crippen LogP contribution in [0.2, 0.25) is 5.02 Å². The van der Waals surface area contributed by atoms with Gasteiger partial charge in [-0.3, -0.25) is 4.79 Å². The van der Waals surface area contributed by atoms with E-state index in [4.69, 9.17) is 23.2 Å². The van der Waals surface area contributed by atoms with E-state index in [1.807, 2.05) is 66.9 Å². The van der Waals surface area contributed by atoms with E-state index in [2.05, 4.69) is 15.4 Å². The summed E-state index contributed by atoms with van der Waals surface area (Å²) < 4.78 is 1.63. The van der Waals surface area contributed by atoms with Gasteiger partial charge in [-0.05, 0) is 19.1 Å². The SMILES string of the molecule is Cc1ccc(-c2cc(NC(=O)CCl)n(-c3nc(-c4ccc(Cl)cc4)cs3)n2)cc1. The average molecular weight is 443 g/mol. The summed E-state index contributed by atoms with van der Waals surface area (Å²) in [5, 5.41) is 10.7. The normalized spacial score (nSPS) is 10.9. The number of aryl methyl sites for hydroxylation is 1. The molecule has 0 unspecified atom stereocenters. The van der Waals surface area contributed by atoms with Crippen molar-refractivity contribution in [2.75, 3.05) is 11.2 Å². The van der Waals surface area contributed by atoms with Gasteiger partial charge < -0.3 is 5.32 Å². The largest absolute Gasteiger partial charge is 0.309 e. The van der Waals surface area contributed by atoms with Gasteiger partial charge in [0.25, 0.3) is 0 Å². The summed E-state index contributed by atoms with van der Waals surface area (Å²) in [5.41, 5.74) is 4.61. The Kier molecular flexibility index (Phi) is 5.67. The van der Waals surface area contributed by atoms with Crippen LogP contribution < -0.4 is 5.32 Å². The minimum absolute atomic E-state index is 0.140. The third-order valence-electron chi connectivity index (χ3n) is 4.26. The summed E-state index contributed by atoms with van der Waals surface area (Å²) in [7, 11) is 0. The molecule has 0 saturated carbocycles. The van der Waals surface area contributed by atoms with E-state index in [0.29, 0.717) is 16.0 Å². The van der Waals surface area contributed by atoms with Crippen LogP contribution in [-0.4, -0.2) is 26.6 Å². The van der Waals surface area contributed by atoms with Gasteiger partial charge >= 0.3 is 0 Å². The van der Waals surface area contributed by atoms with Crippen molar-refractivity contribution in [1.82, 2.24) is 14.8 Å². The summed E-state index contributed by atoms with van der Waals surface area (Å²) in [4.78, 5) is 16.6. The number of hydrogen-bond donors (Lipinski definition) is 1. The number of hydrogen-bond acceptors (Lipinski definition) is 4. The lowest BCUT2D eigenvalue weighted by atomic mass is 10.1. The highest BCUT2D eigenvalue weighted by atomic mass is 35.5. The van der Waals surface area contributed by atoms with Crippen LogP contribution in [0.4, 0.5) is 5.82 Å². The fourth-order valence-electron chi connectivity index (χ4n) is 2.77. The van der Waals surface area contributed by atoms with Gasteiger partial charge in [-0.2, -0.15) is 9.78 Å². The molecule has 146 valence electrons. The molecule has 0 saturated heterocycles. The van der Waals surface area contributed by atoms with Gasteiger partial charge in [-0.15, -0.1) is 22.9 Å². The lowest BCUT2D eigenvalue weighted by Gasteiger charge is -2.04. The number of rotatable bonds is 5. The second-order valence-corrected chi connectivity index (χ2v) is 7.94. The Balaban J connectivity index is 1.74. The molecule has 2 heterocycles. The Labute approximate surface area is 181 Å². The Morgan fingerprint density at radius 1 is 1.07 bits per heavy atom. The molecule has 4 rings (SSSR count). The van der Waals surface area contributed by atoms with Crippen molar-refractivity contribution in [2.45, 2.75) is 6.92 Å². The van der Waals surface area contributed by atoms with E-state index in [-0.39, 0.29) is 11.8 Å². The molecular formula is C21H16Cl2N4OS. The van der Waals surface area contributed by atoms with Gasteiger partial charge in [0.15, 0.2) is 0 Å². The fourth-order valence-corrected chi connectivity index (χ4v) is 3.76. The molecule has 5 nitrogen and oxygen atoms in total. The standard InChI is InChI=1S/C21H16Cl2N4OS/c1-13-2-4-14(5-3-13)17-10-19(25-20(28)11-22)27(26-17)21-24-18(12-29-21)15-6-8-16(23)9-7-15/h2-10,12H,11H2,1H3,(H,25,28). The molecule has 0 atom stereocenters. The molecule has 29 heavy (non-hydrogen) atoms. The Morgan fingerprint density at radius 2 is 1.72 bits per heavy atom. The third kappa shape index (κ3) is 4.34. The highest BCUT2D eigenvalue weighted by Gasteiger charge is 2.16. The van der Waals surface area contributed by atoms with E-state index in [1.165, 1.54) is 11.3 Å². The van der Waals surface area contributed by atoms with Crippen molar-refractivity contribution in [1.29, 1.82) is 0 Å². The number of amides is 1. The van der Waals surface area contributed by atoms with Gasteiger partial charge in [0.05, 0.1) is 11.4 Å². The molecule has 4 aromatic rings. The minimum Gasteiger partial charge on any atom is -0.309 e. The Bertz CT molecular complexity index is 1150. The monoisotopic (exact) mass is 442 g/mol. The molecular weight excluding hydrogens is 427 g/mol. The van der Waals surface area contributed by atoms with Crippen molar-refractivity contribution in [3.63, 3.8) is 0 Å². The maximum atomic E-state index is 11.9. The first-order chi connectivity index (χ1) is 14.0. The molecule has 1 amide bonds. The smallest absolute Gasteiger partial charge is 0.240 e. The van der Waals surface area contributed by atoms with Crippen molar-refractivity contribution < 1.29 is 4.79 Å². The molecule has 0 aliphatic carbocycles. The summed E-state index contributed by atoms with van der Waals surface area (Å²) >= 11 is 13.1. The fraction of sp³-hybridized carbons (Fsp3) is 0.0952. The number of nitrogens with one attached hydrogen (secondary N) is 1. The predicted molar refractivity (Wildman–Crippen MR) is 119 cm³/mol. The van der Waals surface area contributed by atoms with Crippen molar-refractivity contribution in [2.24, 2.45) is 0 Å². The zero-order chi connectivity index (χ0) is 20.4. The van der Waals surface area contributed by atoms with E-state index < -0.39 is 0 Å². The summed E-state index contributed by atoms with van der Waals surface area (Å²) in [5.74, 6) is 0.0693. The van der Waals surface area contributed by atoms with Crippen LogP contribution in [0.25, 0.3) is 27.6 Å². The number of aromatic nitrogens is 3. The Hall–Kier alpha value is -2.67. The molecule has 0 aliphatic rings. The van der Waals surface area contributed by atoms with Crippen LogP contribution in [0.15, 0.2) is 60.0 Å². The second-order valence-electron chi connectivity index (χ2n) is 6.40. The number of nitrogens with zero attached hydrogens (tertiary/aromatic N) is 3. The number of anilines is 1. The summed E-state index contributed by atoms with van der Waals surface area (Å²) in [6.07, 6.45) is 0. The molecule has 2 aromatic heterocycles. The van der Waals surface area contributed by atoms with Crippen LogP contribution in [0.3, 0.4) is 0 Å². The number of thiazole rings is 1. The van der Waals surface area contributed by atoms with Crippen molar-refractivity contribution in [3.8, 4) is 27.6 Å². The Morgan fingerprint density at radius 3 is 2.41 bits per heavy atom. The topological polar surface area (TPSA) is 59.8 Å². The first-order valence-electron chi connectivity index (χ1n) is 8.78. The molecule has 2 aromatic carbocycles. The van der Waals surface area contributed by atoms with Gasteiger partial charge in [0.1, 0.15) is 11.7 Å². The first-order valence-corrected chi connectivity index (χ1v) is 10.6. The van der Waals surface area contributed by atoms with Crippen molar-refractivity contribution >= 4 is 46.3 Å². The molecule has 1 N–H and O–H groups in total. The predicted octanol–water partition coefficient (Wildman–Crippen LogP) is 5.80. The van der Waals surface area contributed by atoms with Crippen LogP contribution >= 0.6 is 34.5 Å². The van der Waals surface area contributed by atoms with Crippen LogP contribution in [-0.2, 0) is 4.79 Å². The lowest BCUT2D eigenvalue weighted by molar-refractivity contribution is -0.114. The van der Waals surface area contributed by atoms with Crippen LogP contribution in [0, 0.1) is 6.92 Å². The number of alkyl halides is 1. The zero-order valence-corrected chi connectivity index (χ0v) is 17.7. The quantitative estimate of drug-likeness (QED) is 0.397. The van der Waals surface area contributed by atoms with Gasteiger partial charge in [0, 0.05) is 27.6 Å². The van der Waals surface area contributed by atoms with Crippen LogP contribution in [0.1, 0.15) is 5.56 Å². The number of carbonyl (C=O) groups excluding carboxylic acids is 1. The van der Waals surface area contributed by atoms with E-state index in [0.717, 1.165) is 28.1 Å². The molecule has 0 radical (unpaired) electrons. The zero-order valence-electron chi connectivity index (χ0n) is 15.4. The number of benzene rings is 2. The first kappa shape index (κ1) is 19.6. The maximum Gasteiger partial charge on any atom is 0.240 e. The molecule has 0 fully saturated rings. The second kappa shape index (κ2) is 8.37. The number of carbonyl (C=O) groups is 1. The van der Waals surface area contributed by atoms with E-state index >= 15 is 0 Å². The summed E-state index contributed by atoms with van der Waals surface area (Å²) in [6, 6.07) is 17.3. The number of halogens is 2. The van der Waals surface area contributed by atoms with Gasteiger partial charge in [-0.1, -0.05) is 53.6 Å². The lowest BCUT2D eigenvalue weighted by Crippen LogP contribution is -2.15. The van der Waals surface area contributed by atoms with Crippen LogP contribution in [0.5, 0.6) is 0 Å². The highest BCUT2D eigenvalue weighted by molar-refractivity contribution is 7.12. The van der Waals surface area contributed by atoms with Crippen molar-refractivity contribution in [3.05, 3.63) is 70.6 Å². The maximum absolute atomic E-state index is 11.9.